The Balaban J connectivity index is 2.11. The molecule has 0 saturated heterocycles. The molecule has 1 aromatic carbocycles. The highest BCUT2D eigenvalue weighted by atomic mass is 35.5. The average Bonchev–Trinajstić information content (AvgIpc) is 2.83. The van der Waals surface area contributed by atoms with Gasteiger partial charge in [0.1, 0.15) is 0 Å². The lowest BCUT2D eigenvalue weighted by molar-refractivity contribution is 0.581. The highest BCUT2D eigenvalue weighted by Gasteiger charge is 2.14. The molecule has 1 aromatic heterocycles. The van der Waals surface area contributed by atoms with Gasteiger partial charge in [0, 0.05) is 18.0 Å². The van der Waals surface area contributed by atoms with Crippen LogP contribution in [0.5, 0.6) is 0 Å². The van der Waals surface area contributed by atoms with Crippen molar-refractivity contribution in [3.05, 3.63) is 51.2 Å². The van der Waals surface area contributed by atoms with E-state index < -0.39 is 10.0 Å². The largest absolute Gasteiger partial charge is 0.316 e. The van der Waals surface area contributed by atoms with Crippen LogP contribution >= 0.6 is 22.9 Å². The van der Waals surface area contributed by atoms with Crippen molar-refractivity contribution in [2.75, 3.05) is 7.05 Å². The zero-order valence-corrected chi connectivity index (χ0v) is 13.3. The standard InChI is InChI=1S/C13H15ClN2O2S2/c1-15-8-10-3-2-4-12(7-10)20(17,18)16-9-11-5-6-13(14)19-11/h2-7,15-16H,8-9H2,1H3. The predicted molar refractivity (Wildman–Crippen MR) is 82.6 cm³/mol. The first-order valence-electron chi connectivity index (χ1n) is 5.99. The molecule has 0 radical (unpaired) electrons. The first-order chi connectivity index (χ1) is 9.51. The molecule has 2 N–H and O–H groups in total. The number of benzene rings is 1. The van der Waals surface area contributed by atoms with Crippen LogP contribution in [0, 0.1) is 0 Å². The summed E-state index contributed by atoms with van der Waals surface area (Å²) >= 11 is 7.18. The van der Waals surface area contributed by atoms with Crippen molar-refractivity contribution in [1.29, 1.82) is 0 Å². The monoisotopic (exact) mass is 330 g/mol. The van der Waals surface area contributed by atoms with Crippen molar-refractivity contribution in [1.82, 2.24) is 10.0 Å². The zero-order chi connectivity index (χ0) is 14.6. The maximum Gasteiger partial charge on any atom is 0.240 e. The number of hydrogen-bond acceptors (Lipinski definition) is 4. The molecule has 0 fully saturated rings. The van der Waals surface area contributed by atoms with E-state index in [-0.39, 0.29) is 11.4 Å². The van der Waals surface area contributed by atoms with Crippen LogP contribution in [-0.2, 0) is 23.1 Å². The molecular weight excluding hydrogens is 316 g/mol. The van der Waals surface area contributed by atoms with Crippen molar-refractivity contribution in [2.24, 2.45) is 0 Å². The molecule has 0 aliphatic carbocycles. The summed E-state index contributed by atoms with van der Waals surface area (Å²) in [6, 6.07) is 10.4. The van der Waals surface area contributed by atoms with Gasteiger partial charge in [0.05, 0.1) is 9.23 Å². The zero-order valence-electron chi connectivity index (χ0n) is 10.9. The maximum absolute atomic E-state index is 12.2. The summed E-state index contributed by atoms with van der Waals surface area (Å²) in [6.07, 6.45) is 0. The van der Waals surface area contributed by atoms with E-state index >= 15 is 0 Å². The van der Waals surface area contributed by atoms with Crippen LogP contribution in [0.15, 0.2) is 41.3 Å². The van der Waals surface area contributed by atoms with E-state index in [9.17, 15) is 8.42 Å². The second-order valence-electron chi connectivity index (χ2n) is 4.21. The fourth-order valence-electron chi connectivity index (χ4n) is 1.72. The molecule has 2 rings (SSSR count). The number of halogens is 1. The Morgan fingerprint density at radius 2 is 2.00 bits per heavy atom. The van der Waals surface area contributed by atoms with E-state index in [0.717, 1.165) is 10.4 Å². The minimum Gasteiger partial charge on any atom is -0.316 e. The summed E-state index contributed by atoms with van der Waals surface area (Å²) in [5, 5.41) is 3.00. The molecule has 0 aliphatic heterocycles. The van der Waals surface area contributed by atoms with E-state index in [1.165, 1.54) is 11.3 Å². The molecular formula is C13H15ClN2O2S2. The summed E-state index contributed by atoms with van der Waals surface area (Å²) < 4.78 is 27.6. The van der Waals surface area contributed by atoms with Gasteiger partial charge in [0.2, 0.25) is 10.0 Å². The lowest BCUT2D eigenvalue weighted by Gasteiger charge is -2.07. The van der Waals surface area contributed by atoms with Crippen LogP contribution in [0.4, 0.5) is 0 Å². The van der Waals surface area contributed by atoms with Crippen molar-refractivity contribution < 1.29 is 8.42 Å². The van der Waals surface area contributed by atoms with Gasteiger partial charge in [-0.2, -0.15) is 0 Å². The van der Waals surface area contributed by atoms with Crippen LogP contribution in [0.1, 0.15) is 10.4 Å². The average molecular weight is 331 g/mol. The van der Waals surface area contributed by atoms with E-state index in [1.807, 2.05) is 19.2 Å². The van der Waals surface area contributed by atoms with Crippen molar-refractivity contribution in [3.8, 4) is 0 Å². The summed E-state index contributed by atoms with van der Waals surface area (Å²) in [7, 11) is -1.68. The number of sulfonamides is 1. The van der Waals surface area contributed by atoms with E-state index in [4.69, 9.17) is 11.6 Å². The third-order valence-corrected chi connectivity index (χ3v) is 5.28. The van der Waals surface area contributed by atoms with Gasteiger partial charge in [0.15, 0.2) is 0 Å². The Kier molecular flexibility index (Phi) is 5.17. The van der Waals surface area contributed by atoms with Crippen LogP contribution in [0.25, 0.3) is 0 Å². The molecule has 0 atom stereocenters. The molecule has 0 spiro atoms. The quantitative estimate of drug-likeness (QED) is 0.856. The lowest BCUT2D eigenvalue weighted by Crippen LogP contribution is -2.23. The Hall–Kier alpha value is -0.920. The van der Waals surface area contributed by atoms with Crippen molar-refractivity contribution >= 4 is 33.0 Å². The van der Waals surface area contributed by atoms with Crippen molar-refractivity contribution in [3.63, 3.8) is 0 Å². The second-order valence-corrected chi connectivity index (χ2v) is 7.77. The maximum atomic E-state index is 12.2. The number of rotatable bonds is 6. The third kappa shape index (κ3) is 4.04. The number of hydrogen-bond donors (Lipinski definition) is 2. The fraction of sp³-hybridized carbons (Fsp3) is 0.231. The molecule has 1 heterocycles. The van der Waals surface area contributed by atoms with Gasteiger partial charge in [0.25, 0.3) is 0 Å². The van der Waals surface area contributed by atoms with E-state index in [2.05, 4.69) is 10.0 Å². The summed E-state index contributed by atoms with van der Waals surface area (Å²) in [5.41, 5.74) is 0.926. The summed E-state index contributed by atoms with van der Waals surface area (Å²) in [4.78, 5) is 1.15. The van der Waals surface area contributed by atoms with Crippen molar-refractivity contribution in [2.45, 2.75) is 18.0 Å². The van der Waals surface area contributed by atoms with Crippen LogP contribution in [-0.4, -0.2) is 15.5 Å². The Labute approximate surface area is 127 Å². The molecule has 108 valence electrons. The normalized spacial score (nSPS) is 11.7. The summed E-state index contributed by atoms with van der Waals surface area (Å²) in [6.45, 7) is 0.875. The number of thiophene rings is 1. The minimum absolute atomic E-state index is 0.246. The fourth-order valence-corrected chi connectivity index (χ4v) is 3.92. The molecule has 20 heavy (non-hydrogen) atoms. The minimum atomic E-state index is -3.50. The first kappa shape index (κ1) is 15.5. The lowest BCUT2D eigenvalue weighted by atomic mass is 10.2. The van der Waals surface area contributed by atoms with Crippen LogP contribution in [0.2, 0.25) is 4.34 Å². The van der Waals surface area contributed by atoms with Gasteiger partial charge in [-0.1, -0.05) is 23.7 Å². The Bertz CT molecular complexity index is 683. The Morgan fingerprint density at radius 3 is 2.65 bits per heavy atom. The SMILES string of the molecule is CNCc1cccc(S(=O)(=O)NCc2ccc(Cl)s2)c1. The third-order valence-electron chi connectivity index (χ3n) is 2.65. The van der Waals surface area contributed by atoms with Crippen LogP contribution < -0.4 is 10.0 Å². The van der Waals surface area contributed by atoms with Gasteiger partial charge in [-0.3, -0.25) is 0 Å². The van der Waals surface area contributed by atoms with E-state index in [1.54, 1.807) is 24.3 Å². The second kappa shape index (κ2) is 6.69. The van der Waals surface area contributed by atoms with Gasteiger partial charge in [-0.05, 0) is 36.9 Å². The molecule has 0 aliphatic rings. The smallest absolute Gasteiger partial charge is 0.240 e. The van der Waals surface area contributed by atoms with Gasteiger partial charge < -0.3 is 5.32 Å². The predicted octanol–water partition coefficient (Wildman–Crippen LogP) is 2.60. The first-order valence-corrected chi connectivity index (χ1v) is 8.66. The van der Waals surface area contributed by atoms with Gasteiger partial charge >= 0.3 is 0 Å². The molecule has 2 aromatic rings. The van der Waals surface area contributed by atoms with E-state index in [0.29, 0.717) is 10.9 Å². The Morgan fingerprint density at radius 1 is 1.20 bits per heavy atom. The van der Waals surface area contributed by atoms with Crippen LogP contribution in [0.3, 0.4) is 0 Å². The molecule has 0 unspecified atom stereocenters. The highest BCUT2D eigenvalue weighted by Crippen LogP contribution is 2.21. The number of nitrogens with one attached hydrogen (secondary N) is 2. The molecule has 0 amide bonds. The van der Waals surface area contributed by atoms with Gasteiger partial charge in [-0.15, -0.1) is 11.3 Å². The molecule has 0 bridgehead atoms. The highest BCUT2D eigenvalue weighted by molar-refractivity contribution is 7.89. The topological polar surface area (TPSA) is 58.2 Å². The van der Waals surface area contributed by atoms with Gasteiger partial charge in [-0.25, -0.2) is 13.1 Å². The molecule has 7 heteroatoms. The summed E-state index contributed by atoms with van der Waals surface area (Å²) in [5.74, 6) is 0. The molecule has 0 saturated carbocycles. The molecule has 4 nitrogen and oxygen atoms in total.